The molecule has 0 aliphatic carbocycles. The van der Waals surface area contributed by atoms with Gasteiger partial charge in [-0.3, -0.25) is 4.79 Å². The Balaban J connectivity index is 2.04. The van der Waals surface area contributed by atoms with Crippen LogP contribution in [0.2, 0.25) is 0 Å². The van der Waals surface area contributed by atoms with Crippen molar-refractivity contribution in [1.29, 1.82) is 0 Å². The molecule has 168 valence electrons. The number of halogens is 1. The van der Waals surface area contributed by atoms with E-state index in [1.165, 1.54) is 95.5 Å². The number of Topliss-reactive ketones (excluding diaryl/α,β-unsaturated/α-hetero) is 1. The number of hydrogen-bond donors (Lipinski definition) is 1. The van der Waals surface area contributed by atoms with E-state index in [4.69, 9.17) is 5.11 Å². The number of carbonyl (C=O) groups excluding carboxylic acids is 1. The zero-order valence-electron chi connectivity index (χ0n) is 18.6. The van der Waals surface area contributed by atoms with Crippen molar-refractivity contribution < 1.29 is 14.7 Å². The first kappa shape index (κ1) is 26.6. The maximum atomic E-state index is 12.1. The Hall–Kier alpha value is -1.42. The van der Waals surface area contributed by atoms with Gasteiger partial charge in [-0.1, -0.05) is 115 Å². The largest absolute Gasteiger partial charge is 0.478 e. The van der Waals surface area contributed by atoms with E-state index in [2.05, 4.69) is 22.9 Å². The fourth-order valence-corrected chi connectivity index (χ4v) is 4.08. The summed E-state index contributed by atoms with van der Waals surface area (Å²) < 4.78 is 0.0646. The lowest BCUT2D eigenvalue weighted by Gasteiger charge is -2.05. The summed E-state index contributed by atoms with van der Waals surface area (Å²) in [4.78, 5) is 22.8. The predicted octanol–water partition coefficient (Wildman–Crippen LogP) is 8.26. The molecule has 1 aromatic rings. The van der Waals surface area contributed by atoms with E-state index in [0.29, 0.717) is 5.56 Å². The Morgan fingerprint density at radius 1 is 0.767 bits per heavy atom. The molecule has 0 atom stereocenters. The fraction of sp³-hybridized carbons (Fsp3) is 0.615. The number of carboxylic acids is 1. The van der Waals surface area contributed by atoms with Gasteiger partial charge in [0, 0.05) is 11.6 Å². The average Bonchev–Trinajstić information content (AvgIpc) is 2.73. The van der Waals surface area contributed by atoms with Crippen molar-refractivity contribution in [3.05, 3.63) is 46.0 Å². The molecule has 0 unspecified atom stereocenters. The zero-order valence-corrected chi connectivity index (χ0v) is 20.2. The highest BCUT2D eigenvalue weighted by molar-refractivity contribution is 9.12. The first-order valence-electron chi connectivity index (χ1n) is 11.8. The first-order chi connectivity index (χ1) is 14.5. The lowest BCUT2D eigenvalue weighted by atomic mass is 10.0. The van der Waals surface area contributed by atoms with Gasteiger partial charge in [0.1, 0.15) is 0 Å². The smallest absolute Gasteiger partial charge is 0.329 e. The highest BCUT2D eigenvalue weighted by Crippen LogP contribution is 2.17. The molecular formula is C26H39BrO3. The molecule has 3 nitrogen and oxygen atoms in total. The SMILES string of the molecule is CCCCCCCCCCCCCCCCc1ccc(C(=O)/C(Br)=C\C(=O)O)cc1. The Morgan fingerprint density at radius 2 is 1.20 bits per heavy atom. The van der Waals surface area contributed by atoms with Crippen LogP contribution in [0.3, 0.4) is 0 Å². The minimum Gasteiger partial charge on any atom is -0.478 e. The van der Waals surface area contributed by atoms with Crippen LogP contribution in [0.15, 0.2) is 34.8 Å². The quantitative estimate of drug-likeness (QED) is 0.131. The van der Waals surface area contributed by atoms with Crippen LogP contribution in [0.1, 0.15) is 113 Å². The van der Waals surface area contributed by atoms with Gasteiger partial charge in [0.2, 0.25) is 0 Å². The first-order valence-corrected chi connectivity index (χ1v) is 12.6. The van der Waals surface area contributed by atoms with Gasteiger partial charge in [0.15, 0.2) is 5.78 Å². The number of unbranched alkanes of at least 4 members (excludes halogenated alkanes) is 13. The highest BCUT2D eigenvalue weighted by Gasteiger charge is 2.11. The highest BCUT2D eigenvalue weighted by atomic mass is 79.9. The summed E-state index contributed by atoms with van der Waals surface area (Å²) in [7, 11) is 0. The molecule has 4 heteroatoms. The summed E-state index contributed by atoms with van der Waals surface area (Å²) >= 11 is 3.03. The molecule has 0 bridgehead atoms. The number of rotatable bonds is 18. The molecule has 0 radical (unpaired) electrons. The van der Waals surface area contributed by atoms with Crippen molar-refractivity contribution in [2.45, 2.75) is 103 Å². The van der Waals surface area contributed by atoms with E-state index in [-0.39, 0.29) is 10.3 Å². The molecule has 1 aromatic carbocycles. The Labute approximate surface area is 191 Å². The monoisotopic (exact) mass is 478 g/mol. The third kappa shape index (κ3) is 13.0. The Kier molecular flexibility index (Phi) is 15.3. The number of carbonyl (C=O) groups is 2. The molecule has 1 rings (SSSR count). The molecule has 0 aliphatic heterocycles. The molecular weight excluding hydrogens is 440 g/mol. The predicted molar refractivity (Wildman–Crippen MR) is 129 cm³/mol. The summed E-state index contributed by atoms with van der Waals surface area (Å²) in [6.07, 6.45) is 21.0. The molecule has 0 saturated carbocycles. The molecule has 0 spiro atoms. The standard InChI is InChI=1S/C26H39BrO3/c1-2-3-4-5-6-7-8-9-10-11-12-13-14-15-16-22-17-19-23(20-18-22)26(30)24(27)21-25(28)29/h17-21H,2-16H2,1H3,(H,28,29)/b24-21+. The van der Waals surface area contributed by atoms with Crippen LogP contribution in [-0.2, 0) is 11.2 Å². The van der Waals surface area contributed by atoms with E-state index in [1.54, 1.807) is 12.1 Å². The van der Waals surface area contributed by atoms with Gasteiger partial charge in [-0.15, -0.1) is 0 Å². The van der Waals surface area contributed by atoms with Crippen molar-refractivity contribution in [2.75, 3.05) is 0 Å². The number of allylic oxidation sites excluding steroid dienone is 1. The van der Waals surface area contributed by atoms with Crippen LogP contribution in [0.25, 0.3) is 0 Å². The van der Waals surface area contributed by atoms with Crippen molar-refractivity contribution in [3.8, 4) is 0 Å². The minimum atomic E-state index is -1.13. The summed E-state index contributed by atoms with van der Waals surface area (Å²) in [5, 5.41) is 8.72. The number of aliphatic carboxylic acids is 1. The van der Waals surface area contributed by atoms with E-state index in [9.17, 15) is 9.59 Å². The molecule has 0 heterocycles. The van der Waals surface area contributed by atoms with Gasteiger partial charge < -0.3 is 5.11 Å². The number of hydrogen-bond acceptors (Lipinski definition) is 2. The minimum absolute atomic E-state index is 0.0646. The van der Waals surface area contributed by atoms with Crippen LogP contribution in [0.5, 0.6) is 0 Å². The maximum absolute atomic E-state index is 12.1. The van der Waals surface area contributed by atoms with Crippen LogP contribution < -0.4 is 0 Å². The topological polar surface area (TPSA) is 54.4 Å². The van der Waals surface area contributed by atoms with Gasteiger partial charge in [0.25, 0.3) is 0 Å². The van der Waals surface area contributed by atoms with Crippen LogP contribution in [-0.4, -0.2) is 16.9 Å². The van der Waals surface area contributed by atoms with Crippen molar-refractivity contribution in [3.63, 3.8) is 0 Å². The van der Waals surface area contributed by atoms with Crippen molar-refractivity contribution in [2.24, 2.45) is 0 Å². The third-order valence-electron chi connectivity index (χ3n) is 5.50. The molecule has 0 aliphatic rings. The molecule has 0 amide bonds. The number of carboxylic acid groups (broad SMARTS) is 1. The Morgan fingerprint density at radius 3 is 1.63 bits per heavy atom. The van der Waals surface area contributed by atoms with E-state index in [1.807, 2.05) is 12.1 Å². The van der Waals surface area contributed by atoms with Gasteiger partial charge in [0.05, 0.1) is 4.48 Å². The number of benzene rings is 1. The van der Waals surface area contributed by atoms with E-state index >= 15 is 0 Å². The van der Waals surface area contributed by atoms with Crippen molar-refractivity contribution >= 4 is 27.7 Å². The number of aryl methyl sites for hydroxylation is 1. The second-order valence-electron chi connectivity index (χ2n) is 8.20. The third-order valence-corrected chi connectivity index (χ3v) is 6.09. The van der Waals surface area contributed by atoms with Gasteiger partial charge in [-0.2, -0.15) is 0 Å². The van der Waals surface area contributed by atoms with E-state index in [0.717, 1.165) is 12.5 Å². The molecule has 0 fully saturated rings. The Bertz CT molecular complexity index is 634. The summed E-state index contributed by atoms with van der Waals surface area (Å²) in [6, 6.07) is 7.49. The van der Waals surface area contributed by atoms with Crippen LogP contribution in [0.4, 0.5) is 0 Å². The van der Waals surface area contributed by atoms with Crippen LogP contribution >= 0.6 is 15.9 Å². The molecule has 30 heavy (non-hydrogen) atoms. The summed E-state index contributed by atoms with van der Waals surface area (Å²) in [5.41, 5.74) is 1.73. The van der Waals surface area contributed by atoms with Gasteiger partial charge >= 0.3 is 5.97 Å². The summed E-state index contributed by atoms with van der Waals surface area (Å²) in [5.74, 6) is -1.44. The van der Waals surface area contributed by atoms with Gasteiger partial charge in [-0.25, -0.2) is 4.79 Å². The molecule has 0 aromatic heterocycles. The normalized spacial score (nSPS) is 11.6. The molecule has 0 saturated heterocycles. The fourth-order valence-electron chi connectivity index (χ4n) is 3.66. The molecule has 1 N–H and O–H groups in total. The van der Waals surface area contributed by atoms with Crippen LogP contribution in [0, 0.1) is 0 Å². The number of ketones is 1. The lowest BCUT2D eigenvalue weighted by Crippen LogP contribution is -2.01. The van der Waals surface area contributed by atoms with Crippen molar-refractivity contribution in [1.82, 2.24) is 0 Å². The maximum Gasteiger partial charge on any atom is 0.329 e. The second-order valence-corrected chi connectivity index (χ2v) is 9.06. The summed E-state index contributed by atoms with van der Waals surface area (Å²) in [6.45, 7) is 2.27. The average molecular weight is 479 g/mol. The zero-order chi connectivity index (χ0) is 22.0. The lowest BCUT2D eigenvalue weighted by molar-refractivity contribution is -0.131. The van der Waals surface area contributed by atoms with E-state index < -0.39 is 5.97 Å². The van der Waals surface area contributed by atoms with Gasteiger partial charge in [-0.05, 0) is 34.3 Å². The second kappa shape index (κ2) is 17.3.